The molecule has 0 saturated carbocycles. The van der Waals surface area contributed by atoms with E-state index in [4.69, 9.17) is 4.74 Å². The normalized spacial score (nSPS) is 11.7. The van der Waals surface area contributed by atoms with Gasteiger partial charge in [0, 0.05) is 13.7 Å². The molecule has 19 heavy (non-hydrogen) atoms. The first-order chi connectivity index (χ1) is 8.97. The molecular formula is C14H23NO3S. The van der Waals surface area contributed by atoms with Crippen molar-refractivity contribution >= 4 is 9.84 Å². The molecule has 1 aromatic rings. The Labute approximate surface area is 116 Å². The summed E-state index contributed by atoms with van der Waals surface area (Å²) < 4.78 is 29.3. The van der Waals surface area contributed by atoms with E-state index >= 15 is 0 Å². The van der Waals surface area contributed by atoms with Crippen molar-refractivity contribution < 1.29 is 13.2 Å². The molecule has 0 amide bonds. The van der Waals surface area contributed by atoms with Crippen LogP contribution < -0.4 is 5.32 Å². The Morgan fingerprint density at radius 1 is 1.21 bits per heavy atom. The monoisotopic (exact) mass is 285 g/mol. The van der Waals surface area contributed by atoms with Gasteiger partial charge in [-0.3, -0.25) is 0 Å². The second-order valence-electron chi connectivity index (χ2n) is 4.68. The zero-order valence-electron chi connectivity index (χ0n) is 11.9. The maximum Gasteiger partial charge on any atom is 0.178 e. The average molecular weight is 285 g/mol. The number of sulfone groups is 1. The summed E-state index contributed by atoms with van der Waals surface area (Å²) in [6.07, 6.45) is 0.610. The lowest BCUT2D eigenvalue weighted by Crippen LogP contribution is -2.22. The maximum absolute atomic E-state index is 12.2. The smallest absolute Gasteiger partial charge is 0.178 e. The first kappa shape index (κ1) is 16.1. The van der Waals surface area contributed by atoms with Gasteiger partial charge in [0.1, 0.15) is 0 Å². The van der Waals surface area contributed by atoms with Crippen molar-refractivity contribution in [3.05, 3.63) is 29.3 Å². The molecule has 0 radical (unpaired) electrons. The summed E-state index contributed by atoms with van der Waals surface area (Å²) >= 11 is 0. The topological polar surface area (TPSA) is 55.4 Å². The van der Waals surface area contributed by atoms with Crippen LogP contribution in [0.3, 0.4) is 0 Å². The molecule has 0 spiro atoms. The Morgan fingerprint density at radius 2 is 1.95 bits per heavy atom. The van der Waals surface area contributed by atoms with Crippen LogP contribution >= 0.6 is 0 Å². The summed E-state index contributed by atoms with van der Waals surface area (Å²) in [6.45, 7) is 5.89. The summed E-state index contributed by atoms with van der Waals surface area (Å²) in [5, 5.41) is 3.14. The van der Waals surface area contributed by atoms with Gasteiger partial charge in [0.2, 0.25) is 0 Å². The number of aryl methyl sites for hydroxylation is 2. The molecule has 0 unspecified atom stereocenters. The van der Waals surface area contributed by atoms with Gasteiger partial charge in [-0.05, 0) is 38.4 Å². The summed E-state index contributed by atoms with van der Waals surface area (Å²) in [7, 11) is -1.53. The van der Waals surface area contributed by atoms with Crippen LogP contribution in [-0.2, 0) is 14.6 Å². The lowest BCUT2D eigenvalue weighted by molar-refractivity contribution is 0.199. The van der Waals surface area contributed by atoms with Crippen LogP contribution in [0.1, 0.15) is 17.5 Å². The van der Waals surface area contributed by atoms with Crippen LogP contribution in [0.25, 0.3) is 0 Å². The standard InChI is InChI=1S/C14H23NO3S/c1-12-5-6-14(13(2)11-12)19(16,17)10-4-7-15-8-9-18-3/h5-6,11,15H,4,7-10H2,1-3H3. The first-order valence-electron chi connectivity index (χ1n) is 6.47. The molecule has 1 rings (SSSR count). The SMILES string of the molecule is COCCNCCCS(=O)(=O)c1ccc(C)cc1C. The molecule has 1 N–H and O–H groups in total. The van der Waals surface area contributed by atoms with Crippen LogP contribution in [0.15, 0.2) is 23.1 Å². The van der Waals surface area contributed by atoms with Gasteiger partial charge in [0.05, 0.1) is 17.3 Å². The predicted molar refractivity (Wildman–Crippen MR) is 77.3 cm³/mol. The molecule has 108 valence electrons. The van der Waals surface area contributed by atoms with E-state index in [-0.39, 0.29) is 5.75 Å². The fraction of sp³-hybridized carbons (Fsp3) is 0.571. The van der Waals surface area contributed by atoms with Crippen molar-refractivity contribution in [1.29, 1.82) is 0 Å². The van der Waals surface area contributed by atoms with Gasteiger partial charge in [-0.15, -0.1) is 0 Å². The maximum atomic E-state index is 12.2. The zero-order valence-corrected chi connectivity index (χ0v) is 12.7. The fourth-order valence-electron chi connectivity index (χ4n) is 1.94. The number of rotatable bonds is 8. The third-order valence-electron chi connectivity index (χ3n) is 2.92. The van der Waals surface area contributed by atoms with E-state index < -0.39 is 9.84 Å². The van der Waals surface area contributed by atoms with E-state index in [1.807, 2.05) is 26.0 Å². The van der Waals surface area contributed by atoms with E-state index in [0.717, 1.165) is 17.7 Å². The molecule has 0 saturated heterocycles. The number of hydrogen-bond donors (Lipinski definition) is 1. The number of ether oxygens (including phenoxy) is 1. The Morgan fingerprint density at radius 3 is 2.58 bits per heavy atom. The van der Waals surface area contributed by atoms with Gasteiger partial charge in [-0.1, -0.05) is 17.7 Å². The molecule has 0 atom stereocenters. The van der Waals surface area contributed by atoms with Crippen molar-refractivity contribution in [2.45, 2.75) is 25.2 Å². The molecule has 0 fully saturated rings. The van der Waals surface area contributed by atoms with Crippen LogP contribution in [0.2, 0.25) is 0 Å². The highest BCUT2D eigenvalue weighted by atomic mass is 32.2. The highest BCUT2D eigenvalue weighted by Gasteiger charge is 2.16. The van der Waals surface area contributed by atoms with Gasteiger partial charge in [0.15, 0.2) is 9.84 Å². The molecule has 0 aliphatic carbocycles. The van der Waals surface area contributed by atoms with Crippen molar-refractivity contribution in [2.24, 2.45) is 0 Å². The van der Waals surface area contributed by atoms with E-state index in [9.17, 15) is 8.42 Å². The Bertz CT molecular complexity index is 497. The van der Waals surface area contributed by atoms with E-state index in [2.05, 4.69) is 5.32 Å². The van der Waals surface area contributed by atoms with E-state index in [1.165, 1.54) is 0 Å². The number of benzene rings is 1. The number of hydrogen-bond acceptors (Lipinski definition) is 4. The highest BCUT2D eigenvalue weighted by Crippen LogP contribution is 2.18. The minimum absolute atomic E-state index is 0.177. The van der Waals surface area contributed by atoms with E-state index in [1.54, 1.807) is 13.2 Å². The van der Waals surface area contributed by atoms with Crippen molar-refractivity contribution in [1.82, 2.24) is 5.32 Å². The van der Waals surface area contributed by atoms with Gasteiger partial charge < -0.3 is 10.1 Å². The average Bonchev–Trinajstić information content (AvgIpc) is 2.33. The summed E-state index contributed by atoms with van der Waals surface area (Å²) in [5.74, 6) is 0.177. The van der Waals surface area contributed by atoms with Gasteiger partial charge in [-0.2, -0.15) is 0 Å². The molecule has 0 aliphatic heterocycles. The fourth-order valence-corrected chi connectivity index (χ4v) is 3.51. The summed E-state index contributed by atoms with van der Waals surface area (Å²) in [5.41, 5.74) is 1.91. The van der Waals surface area contributed by atoms with Crippen molar-refractivity contribution in [3.8, 4) is 0 Å². The van der Waals surface area contributed by atoms with Gasteiger partial charge in [0.25, 0.3) is 0 Å². The third-order valence-corrected chi connectivity index (χ3v) is 4.87. The van der Waals surface area contributed by atoms with Crippen LogP contribution in [-0.4, -0.2) is 41.0 Å². The molecule has 0 aromatic heterocycles. The Balaban J connectivity index is 2.52. The number of nitrogens with one attached hydrogen (secondary N) is 1. The van der Waals surface area contributed by atoms with Gasteiger partial charge in [-0.25, -0.2) is 8.42 Å². The van der Waals surface area contributed by atoms with Crippen LogP contribution in [0.5, 0.6) is 0 Å². The Kier molecular flexibility index (Phi) is 6.48. The molecule has 0 heterocycles. The molecule has 1 aromatic carbocycles. The number of methoxy groups -OCH3 is 1. The first-order valence-corrected chi connectivity index (χ1v) is 8.12. The molecule has 5 heteroatoms. The lowest BCUT2D eigenvalue weighted by Gasteiger charge is -2.09. The molecular weight excluding hydrogens is 262 g/mol. The van der Waals surface area contributed by atoms with Crippen LogP contribution in [0.4, 0.5) is 0 Å². The lowest BCUT2D eigenvalue weighted by atomic mass is 10.2. The Hall–Kier alpha value is -0.910. The predicted octanol–water partition coefficient (Wildman–Crippen LogP) is 1.70. The quantitative estimate of drug-likeness (QED) is 0.739. The second kappa shape index (κ2) is 7.62. The third kappa shape index (κ3) is 5.30. The van der Waals surface area contributed by atoms with Crippen molar-refractivity contribution in [3.63, 3.8) is 0 Å². The zero-order chi connectivity index (χ0) is 14.3. The van der Waals surface area contributed by atoms with Crippen molar-refractivity contribution in [2.75, 3.05) is 32.6 Å². The van der Waals surface area contributed by atoms with Gasteiger partial charge >= 0.3 is 0 Å². The molecule has 4 nitrogen and oxygen atoms in total. The van der Waals surface area contributed by atoms with Crippen LogP contribution in [0, 0.1) is 13.8 Å². The van der Waals surface area contributed by atoms with E-state index in [0.29, 0.717) is 24.5 Å². The minimum Gasteiger partial charge on any atom is -0.383 e. The minimum atomic E-state index is -3.17. The summed E-state index contributed by atoms with van der Waals surface area (Å²) in [4.78, 5) is 0.454. The second-order valence-corrected chi connectivity index (χ2v) is 6.76. The highest BCUT2D eigenvalue weighted by molar-refractivity contribution is 7.91. The molecule has 0 aliphatic rings. The molecule has 0 bridgehead atoms. The largest absolute Gasteiger partial charge is 0.383 e. The summed E-state index contributed by atoms with van der Waals surface area (Å²) in [6, 6.07) is 5.46.